The summed E-state index contributed by atoms with van der Waals surface area (Å²) in [7, 11) is 1.57. The second kappa shape index (κ2) is 6.32. The first-order valence-corrected chi connectivity index (χ1v) is 7.58. The predicted molar refractivity (Wildman–Crippen MR) is 86.2 cm³/mol. The maximum Gasteiger partial charge on any atom is 0.407 e. The third-order valence-electron chi connectivity index (χ3n) is 3.59. The van der Waals surface area contributed by atoms with E-state index >= 15 is 0 Å². The van der Waals surface area contributed by atoms with Crippen LogP contribution in [-0.2, 0) is 0 Å². The number of aliphatic imine (C=N–C) groups is 1. The Hall–Kier alpha value is -2.49. The van der Waals surface area contributed by atoms with Crippen LogP contribution in [0.5, 0.6) is 0 Å². The number of amides is 1. The fourth-order valence-corrected chi connectivity index (χ4v) is 2.47. The molecule has 1 aliphatic rings. The van der Waals surface area contributed by atoms with Crippen molar-refractivity contribution in [2.45, 2.75) is 6.04 Å². The van der Waals surface area contributed by atoms with Gasteiger partial charge in [-0.1, -0.05) is 0 Å². The Kier molecular flexibility index (Phi) is 4.24. The van der Waals surface area contributed by atoms with Gasteiger partial charge >= 0.3 is 6.09 Å². The number of carbonyl (C=O) groups is 1. The molecule has 1 fully saturated rings. The van der Waals surface area contributed by atoms with Crippen molar-refractivity contribution < 1.29 is 9.90 Å². The Morgan fingerprint density at radius 2 is 2.17 bits per heavy atom. The Bertz CT molecular complexity index is 728. The molecule has 120 valence electrons. The molecule has 0 spiro atoms. The van der Waals surface area contributed by atoms with Crippen LogP contribution in [0, 0.1) is 0 Å². The van der Waals surface area contributed by atoms with Gasteiger partial charge in [0, 0.05) is 30.8 Å². The molecule has 0 aliphatic carbocycles. The molecule has 23 heavy (non-hydrogen) atoms. The van der Waals surface area contributed by atoms with Crippen LogP contribution in [0.15, 0.2) is 34.4 Å². The molecule has 0 aromatic carbocycles. The minimum Gasteiger partial charge on any atom is -0.465 e. The maximum absolute atomic E-state index is 10.9. The number of pyridine rings is 1. The van der Waals surface area contributed by atoms with E-state index in [9.17, 15) is 4.79 Å². The number of likely N-dealkylation sites (tertiary alicyclic amines) is 1. The number of rotatable bonds is 4. The quantitative estimate of drug-likeness (QED) is 0.636. The van der Waals surface area contributed by atoms with Gasteiger partial charge in [-0.3, -0.25) is 4.57 Å². The van der Waals surface area contributed by atoms with Crippen LogP contribution in [0.4, 0.5) is 10.6 Å². The van der Waals surface area contributed by atoms with Crippen LogP contribution >= 0.6 is 15.9 Å². The molecule has 0 radical (unpaired) electrons. The Labute approximate surface area is 140 Å². The summed E-state index contributed by atoms with van der Waals surface area (Å²) in [6, 6.07) is 1.87. The van der Waals surface area contributed by atoms with Gasteiger partial charge in [0.25, 0.3) is 0 Å². The van der Waals surface area contributed by atoms with Crippen molar-refractivity contribution in [3.8, 4) is 5.69 Å². The van der Waals surface area contributed by atoms with E-state index in [0.717, 1.165) is 10.2 Å². The zero-order chi connectivity index (χ0) is 16.4. The molecule has 0 saturated carbocycles. The molecule has 2 aromatic rings. The van der Waals surface area contributed by atoms with Crippen LogP contribution < -0.4 is 0 Å². The van der Waals surface area contributed by atoms with E-state index in [2.05, 4.69) is 36.1 Å². The molecule has 3 heterocycles. The van der Waals surface area contributed by atoms with Gasteiger partial charge in [0.1, 0.15) is 12.7 Å². The molecule has 1 amide bonds. The number of likely N-dealkylation sites (N-methyl/N-ethyl adjacent to an activating group) is 1. The van der Waals surface area contributed by atoms with Crippen LogP contribution in [0.25, 0.3) is 5.69 Å². The number of hydrogen-bond acceptors (Lipinski definition) is 5. The topological polar surface area (TPSA) is 99.7 Å². The van der Waals surface area contributed by atoms with E-state index in [-0.39, 0.29) is 6.04 Å². The van der Waals surface area contributed by atoms with Gasteiger partial charge in [0.2, 0.25) is 0 Å². The van der Waals surface area contributed by atoms with Crippen LogP contribution in [0.3, 0.4) is 0 Å². The van der Waals surface area contributed by atoms with Crippen molar-refractivity contribution in [3.05, 3.63) is 29.4 Å². The van der Waals surface area contributed by atoms with E-state index in [1.54, 1.807) is 36.8 Å². The van der Waals surface area contributed by atoms with E-state index in [1.807, 2.05) is 11.0 Å². The molecule has 1 aliphatic heterocycles. The highest BCUT2D eigenvalue weighted by Crippen LogP contribution is 2.24. The second-order valence-corrected chi connectivity index (χ2v) is 6.03. The van der Waals surface area contributed by atoms with Crippen molar-refractivity contribution in [3.63, 3.8) is 0 Å². The molecule has 2 aromatic heterocycles. The molecule has 10 heteroatoms. The molecule has 1 N–H and O–H groups in total. The van der Waals surface area contributed by atoms with Gasteiger partial charge in [0.05, 0.1) is 18.1 Å². The van der Waals surface area contributed by atoms with Gasteiger partial charge < -0.3 is 14.9 Å². The largest absolute Gasteiger partial charge is 0.465 e. The average molecular weight is 380 g/mol. The summed E-state index contributed by atoms with van der Waals surface area (Å²) in [4.78, 5) is 22.8. The number of aromatic nitrogens is 4. The van der Waals surface area contributed by atoms with E-state index in [4.69, 9.17) is 5.11 Å². The third kappa shape index (κ3) is 3.31. The summed E-state index contributed by atoms with van der Waals surface area (Å²) < 4.78 is 2.55. The van der Waals surface area contributed by atoms with Crippen molar-refractivity contribution >= 4 is 34.2 Å². The Morgan fingerprint density at radius 1 is 1.48 bits per heavy atom. The summed E-state index contributed by atoms with van der Waals surface area (Å²) in [5.41, 5.74) is 0.750. The predicted octanol–water partition coefficient (Wildman–Crippen LogP) is 1.38. The lowest BCUT2D eigenvalue weighted by Gasteiger charge is -2.41. The fourth-order valence-electron chi connectivity index (χ4n) is 2.16. The minimum atomic E-state index is -0.920. The highest BCUT2D eigenvalue weighted by atomic mass is 79.9. The van der Waals surface area contributed by atoms with E-state index < -0.39 is 6.09 Å². The molecule has 3 rings (SSSR count). The third-order valence-corrected chi connectivity index (χ3v) is 4.03. The lowest BCUT2D eigenvalue weighted by molar-refractivity contribution is 0.0892. The van der Waals surface area contributed by atoms with Gasteiger partial charge in [0.15, 0.2) is 5.82 Å². The second-order valence-electron chi connectivity index (χ2n) is 5.11. The lowest BCUT2D eigenvalue weighted by Crippen LogP contribution is -2.58. The first-order valence-electron chi connectivity index (χ1n) is 6.79. The minimum absolute atomic E-state index is 0.00542. The lowest BCUT2D eigenvalue weighted by atomic mass is 10.1. The molecule has 0 unspecified atom stereocenters. The smallest absolute Gasteiger partial charge is 0.407 e. The number of halogens is 1. The summed E-state index contributed by atoms with van der Waals surface area (Å²) in [6.45, 7) is 1.23. The number of hydrogen-bond donors (Lipinski definition) is 1. The van der Waals surface area contributed by atoms with Crippen molar-refractivity contribution in [2.24, 2.45) is 4.99 Å². The zero-order valence-electron chi connectivity index (χ0n) is 12.2. The summed E-state index contributed by atoms with van der Waals surface area (Å²) in [6.07, 6.45) is 5.57. The van der Waals surface area contributed by atoms with Gasteiger partial charge in [-0.15, -0.1) is 10.2 Å². The van der Waals surface area contributed by atoms with E-state index in [1.165, 1.54) is 4.90 Å². The summed E-state index contributed by atoms with van der Waals surface area (Å²) in [5.74, 6) is 0.531. The van der Waals surface area contributed by atoms with Gasteiger partial charge in [-0.2, -0.15) is 0 Å². The Balaban J connectivity index is 1.71. The van der Waals surface area contributed by atoms with Crippen molar-refractivity contribution in [1.29, 1.82) is 0 Å². The van der Waals surface area contributed by atoms with Crippen LogP contribution in [0.1, 0.15) is 0 Å². The fraction of sp³-hybridized carbons (Fsp3) is 0.308. The standard InChI is InChI=1S/C13H14BrN7O2/c1-19(13(22)23)10-4-20(5-10)6-16-12-11(2-9(14)3-15-12)21-7-17-18-8-21/h2-3,6-8,10H,4-5H2,1H3,(H,22,23)/b16-6+. The molecular formula is C13H14BrN7O2. The first-order chi connectivity index (χ1) is 11.0. The molecule has 0 bridgehead atoms. The molecule has 0 atom stereocenters. The summed E-state index contributed by atoms with van der Waals surface area (Å²) in [5, 5.41) is 16.5. The highest BCUT2D eigenvalue weighted by molar-refractivity contribution is 9.10. The van der Waals surface area contributed by atoms with Crippen molar-refractivity contribution in [2.75, 3.05) is 20.1 Å². The van der Waals surface area contributed by atoms with E-state index in [0.29, 0.717) is 18.9 Å². The molecule has 9 nitrogen and oxygen atoms in total. The summed E-state index contributed by atoms with van der Waals surface area (Å²) >= 11 is 3.38. The van der Waals surface area contributed by atoms with Crippen molar-refractivity contribution in [1.82, 2.24) is 29.5 Å². The zero-order valence-corrected chi connectivity index (χ0v) is 13.8. The highest BCUT2D eigenvalue weighted by Gasteiger charge is 2.30. The monoisotopic (exact) mass is 379 g/mol. The average Bonchev–Trinajstić information content (AvgIpc) is 3.00. The molecular weight excluding hydrogens is 366 g/mol. The maximum atomic E-state index is 10.9. The molecule has 1 saturated heterocycles. The number of nitrogens with zero attached hydrogens (tertiary/aromatic N) is 7. The number of carboxylic acid groups (broad SMARTS) is 1. The normalized spacial score (nSPS) is 15.0. The SMILES string of the molecule is CN(C(=O)O)C1CN(/C=N/c2ncc(Br)cc2-n2cnnc2)C1. The first kappa shape index (κ1) is 15.4. The Morgan fingerprint density at radius 3 is 2.83 bits per heavy atom. The van der Waals surface area contributed by atoms with Crippen LogP contribution in [0.2, 0.25) is 0 Å². The van der Waals surface area contributed by atoms with Gasteiger partial charge in [-0.25, -0.2) is 14.8 Å². The van der Waals surface area contributed by atoms with Gasteiger partial charge in [-0.05, 0) is 22.0 Å². The van der Waals surface area contributed by atoms with Crippen LogP contribution in [-0.4, -0.2) is 73.3 Å².